The van der Waals surface area contributed by atoms with Crippen LogP contribution in [0.25, 0.3) is 17.3 Å². The summed E-state index contributed by atoms with van der Waals surface area (Å²) >= 11 is 1.31. The van der Waals surface area contributed by atoms with Gasteiger partial charge in [-0.3, -0.25) is 9.36 Å². The van der Waals surface area contributed by atoms with Crippen molar-refractivity contribution in [3.8, 4) is 17.3 Å². The van der Waals surface area contributed by atoms with Crippen LogP contribution in [0.15, 0.2) is 81.1 Å². The minimum absolute atomic E-state index is 0.112. The number of amides is 1. The van der Waals surface area contributed by atoms with Gasteiger partial charge in [0.1, 0.15) is 5.76 Å². The van der Waals surface area contributed by atoms with Crippen LogP contribution in [0.1, 0.15) is 5.76 Å². The fourth-order valence-electron chi connectivity index (χ4n) is 2.52. The molecule has 0 aliphatic heterocycles. The third-order valence-electron chi connectivity index (χ3n) is 3.76. The predicted octanol–water partition coefficient (Wildman–Crippen LogP) is 3.53. The molecule has 1 N–H and O–H groups in total. The maximum atomic E-state index is 12.1. The van der Waals surface area contributed by atoms with Crippen LogP contribution in [0.2, 0.25) is 0 Å². The number of hydrogen-bond donors (Lipinski definition) is 1. The third-order valence-corrected chi connectivity index (χ3v) is 4.69. The Morgan fingerprint density at radius 3 is 2.56 bits per heavy atom. The van der Waals surface area contributed by atoms with Gasteiger partial charge in [-0.05, 0) is 36.4 Å². The van der Waals surface area contributed by atoms with Gasteiger partial charge in [-0.25, -0.2) is 0 Å². The third kappa shape index (κ3) is 3.95. The maximum absolute atomic E-state index is 12.1. The summed E-state index contributed by atoms with van der Waals surface area (Å²) in [5.41, 5.74) is 0.896. The molecule has 1 aromatic carbocycles. The highest BCUT2D eigenvalue weighted by Gasteiger charge is 2.18. The van der Waals surface area contributed by atoms with Crippen LogP contribution in [-0.4, -0.2) is 26.4 Å². The second-order valence-electron chi connectivity index (χ2n) is 5.60. The van der Waals surface area contributed by atoms with Crippen molar-refractivity contribution in [1.29, 1.82) is 0 Å². The fourth-order valence-corrected chi connectivity index (χ4v) is 3.30. The standard InChI is InChI=1S/C19H16N4O3S/c24-17(20-12-15-8-4-10-25-15)13-27-19-22-21-18(16-9-5-11-26-16)23(19)14-6-2-1-3-7-14/h1-11H,12-13H2,(H,20,24). The largest absolute Gasteiger partial charge is 0.467 e. The second-order valence-corrected chi connectivity index (χ2v) is 6.54. The number of para-hydroxylation sites is 1. The first-order chi connectivity index (χ1) is 13.3. The minimum Gasteiger partial charge on any atom is -0.467 e. The molecule has 4 aromatic rings. The average Bonchev–Trinajstić information content (AvgIpc) is 3.46. The van der Waals surface area contributed by atoms with Gasteiger partial charge in [0.25, 0.3) is 0 Å². The van der Waals surface area contributed by atoms with Gasteiger partial charge in [0.05, 0.1) is 24.8 Å². The first-order valence-corrected chi connectivity index (χ1v) is 9.26. The van der Waals surface area contributed by atoms with Gasteiger partial charge in [0.15, 0.2) is 10.9 Å². The Morgan fingerprint density at radius 2 is 1.81 bits per heavy atom. The van der Waals surface area contributed by atoms with Gasteiger partial charge in [-0.1, -0.05) is 30.0 Å². The van der Waals surface area contributed by atoms with Gasteiger partial charge in [0, 0.05) is 5.69 Å². The van der Waals surface area contributed by atoms with Crippen molar-refractivity contribution in [2.24, 2.45) is 0 Å². The van der Waals surface area contributed by atoms with E-state index in [1.165, 1.54) is 11.8 Å². The van der Waals surface area contributed by atoms with E-state index >= 15 is 0 Å². The van der Waals surface area contributed by atoms with Crippen molar-refractivity contribution in [2.75, 3.05) is 5.75 Å². The predicted molar refractivity (Wildman–Crippen MR) is 100 cm³/mol. The Morgan fingerprint density at radius 1 is 1.00 bits per heavy atom. The van der Waals surface area contributed by atoms with Crippen molar-refractivity contribution in [1.82, 2.24) is 20.1 Å². The van der Waals surface area contributed by atoms with E-state index in [-0.39, 0.29) is 11.7 Å². The van der Waals surface area contributed by atoms with E-state index in [4.69, 9.17) is 8.83 Å². The van der Waals surface area contributed by atoms with Gasteiger partial charge in [-0.2, -0.15) is 0 Å². The minimum atomic E-state index is -0.112. The number of thioether (sulfide) groups is 1. The lowest BCUT2D eigenvalue weighted by Gasteiger charge is -2.09. The number of hydrogen-bond acceptors (Lipinski definition) is 6. The van der Waals surface area contributed by atoms with Gasteiger partial charge in [0.2, 0.25) is 11.7 Å². The highest BCUT2D eigenvalue weighted by molar-refractivity contribution is 7.99. The average molecular weight is 380 g/mol. The van der Waals surface area contributed by atoms with E-state index in [1.807, 2.05) is 47.0 Å². The fraction of sp³-hybridized carbons (Fsp3) is 0.105. The monoisotopic (exact) mass is 380 g/mol. The van der Waals surface area contributed by atoms with Crippen LogP contribution < -0.4 is 5.32 Å². The molecule has 1 amide bonds. The molecule has 7 nitrogen and oxygen atoms in total. The van der Waals surface area contributed by atoms with Crippen molar-refractivity contribution in [2.45, 2.75) is 11.7 Å². The summed E-state index contributed by atoms with van der Waals surface area (Å²) in [6.07, 6.45) is 3.17. The number of aromatic nitrogens is 3. The summed E-state index contributed by atoms with van der Waals surface area (Å²) in [7, 11) is 0. The van der Waals surface area contributed by atoms with Crippen molar-refractivity contribution in [3.63, 3.8) is 0 Å². The number of furan rings is 2. The number of nitrogens with one attached hydrogen (secondary N) is 1. The van der Waals surface area contributed by atoms with Gasteiger partial charge in [-0.15, -0.1) is 10.2 Å². The summed E-state index contributed by atoms with van der Waals surface area (Å²) in [5, 5.41) is 11.9. The lowest BCUT2D eigenvalue weighted by Crippen LogP contribution is -2.24. The SMILES string of the molecule is O=C(CSc1nnc(-c2ccco2)n1-c1ccccc1)NCc1ccco1. The molecule has 8 heteroatoms. The zero-order valence-electron chi connectivity index (χ0n) is 14.2. The van der Waals surface area contributed by atoms with E-state index < -0.39 is 0 Å². The molecule has 4 rings (SSSR count). The summed E-state index contributed by atoms with van der Waals surface area (Å²) in [6.45, 7) is 0.357. The molecule has 0 atom stereocenters. The molecule has 0 unspecified atom stereocenters. The molecular weight excluding hydrogens is 364 g/mol. The molecule has 27 heavy (non-hydrogen) atoms. The molecule has 0 radical (unpaired) electrons. The zero-order chi connectivity index (χ0) is 18.5. The molecule has 0 spiro atoms. The van der Waals surface area contributed by atoms with Crippen LogP contribution in [0.3, 0.4) is 0 Å². The summed E-state index contributed by atoms with van der Waals surface area (Å²) < 4.78 is 12.6. The van der Waals surface area contributed by atoms with Gasteiger partial charge >= 0.3 is 0 Å². The number of benzene rings is 1. The molecule has 0 bridgehead atoms. The number of carbonyl (C=O) groups is 1. The lowest BCUT2D eigenvalue weighted by molar-refractivity contribution is -0.118. The topological polar surface area (TPSA) is 86.1 Å². The van der Waals surface area contributed by atoms with Gasteiger partial charge < -0.3 is 14.2 Å². The molecule has 0 aliphatic carbocycles. The molecular formula is C19H16N4O3S. The summed E-state index contributed by atoms with van der Waals surface area (Å²) in [5.74, 6) is 2.01. The summed E-state index contributed by atoms with van der Waals surface area (Å²) in [4.78, 5) is 12.1. The van der Waals surface area contributed by atoms with E-state index in [2.05, 4.69) is 15.5 Å². The highest BCUT2D eigenvalue weighted by atomic mass is 32.2. The first-order valence-electron chi connectivity index (χ1n) is 8.28. The van der Waals surface area contributed by atoms with E-state index in [0.717, 1.165) is 5.69 Å². The normalized spacial score (nSPS) is 10.8. The maximum Gasteiger partial charge on any atom is 0.230 e. The lowest BCUT2D eigenvalue weighted by atomic mass is 10.3. The number of carbonyl (C=O) groups excluding carboxylic acids is 1. The van der Waals surface area contributed by atoms with Crippen LogP contribution >= 0.6 is 11.8 Å². The Balaban J connectivity index is 1.51. The van der Waals surface area contributed by atoms with E-state index in [1.54, 1.807) is 24.7 Å². The van der Waals surface area contributed by atoms with E-state index in [9.17, 15) is 4.79 Å². The zero-order valence-corrected chi connectivity index (χ0v) is 15.1. The Bertz CT molecular complexity index is 995. The highest BCUT2D eigenvalue weighted by Crippen LogP contribution is 2.28. The Hall–Kier alpha value is -3.26. The molecule has 3 heterocycles. The van der Waals surface area contributed by atoms with Crippen molar-refractivity contribution >= 4 is 17.7 Å². The molecule has 136 valence electrons. The molecule has 0 saturated heterocycles. The second kappa shape index (κ2) is 7.96. The smallest absolute Gasteiger partial charge is 0.230 e. The Labute approximate surface area is 159 Å². The molecule has 0 saturated carbocycles. The molecule has 0 fully saturated rings. The van der Waals surface area contributed by atoms with Crippen LogP contribution in [0.4, 0.5) is 0 Å². The quantitative estimate of drug-likeness (QED) is 0.494. The first kappa shape index (κ1) is 17.2. The molecule has 0 aliphatic rings. The van der Waals surface area contributed by atoms with E-state index in [0.29, 0.717) is 29.0 Å². The number of rotatable bonds is 7. The van der Waals surface area contributed by atoms with Crippen LogP contribution in [0, 0.1) is 0 Å². The van der Waals surface area contributed by atoms with Crippen molar-refractivity contribution < 1.29 is 13.6 Å². The number of nitrogens with zero attached hydrogens (tertiary/aromatic N) is 3. The summed E-state index contributed by atoms with van der Waals surface area (Å²) in [6, 6.07) is 17.0. The van der Waals surface area contributed by atoms with Crippen LogP contribution in [0.5, 0.6) is 0 Å². The Kier molecular flexibility index (Phi) is 5.06. The van der Waals surface area contributed by atoms with Crippen LogP contribution in [-0.2, 0) is 11.3 Å². The van der Waals surface area contributed by atoms with Crippen molar-refractivity contribution in [3.05, 3.63) is 72.9 Å². The molecule has 3 aromatic heterocycles.